The van der Waals surface area contributed by atoms with Gasteiger partial charge in [0.05, 0.1) is 44.4 Å². The molecule has 0 atom stereocenters. The van der Waals surface area contributed by atoms with Crippen molar-refractivity contribution in [2.45, 2.75) is 6.92 Å². The molecule has 1 heterocycles. The van der Waals surface area contributed by atoms with Crippen molar-refractivity contribution in [3.63, 3.8) is 0 Å². The second kappa shape index (κ2) is 7.01. The van der Waals surface area contributed by atoms with E-state index in [-0.39, 0.29) is 5.75 Å². The summed E-state index contributed by atoms with van der Waals surface area (Å²) in [7, 11) is 6.32. The minimum Gasteiger partial charge on any atom is -0.504 e. The summed E-state index contributed by atoms with van der Waals surface area (Å²) in [6.07, 6.45) is 1.56. The highest BCUT2D eigenvalue weighted by molar-refractivity contribution is 5.55. The van der Waals surface area contributed by atoms with Crippen LogP contribution in [-0.4, -0.2) is 36.0 Å². The third kappa shape index (κ3) is 3.92. The third-order valence-electron chi connectivity index (χ3n) is 4.03. The van der Waals surface area contributed by atoms with Crippen molar-refractivity contribution in [2.24, 2.45) is 5.10 Å². The summed E-state index contributed by atoms with van der Waals surface area (Å²) in [5.74, 6) is 0.0663. The van der Waals surface area contributed by atoms with Crippen LogP contribution in [0.1, 0.15) is 5.69 Å². The van der Waals surface area contributed by atoms with Crippen LogP contribution in [0.4, 0.5) is 11.4 Å². The Morgan fingerprint density at radius 2 is 1.77 bits per heavy atom. The first-order chi connectivity index (χ1) is 12.3. The number of quaternary nitrogens is 1. The van der Waals surface area contributed by atoms with E-state index in [0.29, 0.717) is 15.5 Å². The van der Waals surface area contributed by atoms with E-state index in [4.69, 9.17) is 0 Å². The minimum atomic E-state index is 0.0663. The number of hydrogen-bond acceptors (Lipinski definition) is 4. The fraction of sp³-hybridized carbons (Fsp3) is 0.200. The van der Waals surface area contributed by atoms with Gasteiger partial charge in [0.15, 0.2) is 5.75 Å². The fourth-order valence-corrected chi connectivity index (χ4v) is 2.56. The maximum absolute atomic E-state index is 10.4. The summed E-state index contributed by atoms with van der Waals surface area (Å²) in [4.78, 5) is 0. The van der Waals surface area contributed by atoms with Crippen molar-refractivity contribution in [3.8, 4) is 11.4 Å². The van der Waals surface area contributed by atoms with Crippen LogP contribution in [-0.2, 0) is 0 Å². The van der Waals surface area contributed by atoms with Crippen LogP contribution in [0.5, 0.6) is 5.75 Å². The molecule has 6 nitrogen and oxygen atoms in total. The van der Waals surface area contributed by atoms with E-state index in [1.165, 1.54) is 0 Å². The van der Waals surface area contributed by atoms with Crippen LogP contribution in [0.25, 0.3) is 5.69 Å². The van der Waals surface area contributed by atoms with Gasteiger partial charge in [-0.15, -0.1) is 0 Å². The molecule has 3 aromatic rings. The number of hydrogen-bond donors (Lipinski definition) is 2. The molecule has 0 radical (unpaired) electrons. The van der Waals surface area contributed by atoms with Crippen molar-refractivity contribution >= 4 is 11.4 Å². The van der Waals surface area contributed by atoms with Crippen LogP contribution in [0.15, 0.2) is 65.9 Å². The number of nitrogens with zero attached hydrogens (tertiary/aromatic N) is 4. The summed E-state index contributed by atoms with van der Waals surface area (Å²) in [5, 5.41) is 19.7. The van der Waals surface area contributed by atoms with E-state index in [1.807, 2.05) is 55.5 Å². The number of anilines is 1. The lowest BCUT2D eigenvalue weighted by atomic mass is 10.2. The van der Waals surface area contributed by atoms with Gasteiger partial charge >= 0.3 is 0 Å². The van der Waals surface area contributed by atoms with Gasteiger partial charge in [-0.2, -0.15) is 10.2 Å². The number of benzene rings is 2. The number of rotatable bonds is 4. The topological polar surface area (TPSA) is 62.4 Å². The number of aromatic hydroxyl groups is 1. The van der Waals surface area contributed by atoms with Gasteiger partial charge in [-0.25, -0.2) is 4.68 Å². The Morgan fingerprint density at radius 1 is 1.04 bits per heavy atom. The molecule has 0 saturated heterocycles. The Labute approximate surface area is 153 Å². The van der Waals surface area contributed by atoms with Gasteiger partial charge in [0.25, 0.3) is 0 Å². The summed E-state index contributed by atoms with van der Waals surface area (Å²) in [6.45, 7) is 1.82. The monoisotopic (exact) mass is 350 g/mol. The van der Waals surface area contributed by atoms with Gasteiger partial charge in [0, 0.05) is 6.07 Å². The number of aromatic nitrogens is 2. The van der Waals surface area contributed by atoms with E-state index in [2.05, 4.69) is 42.8 Å². The normalized spacial score (nSPS) is 12.2. The van der Waals surface area contributed by atoms with E-state index in [1.54, 1.807) is 10.9 Å². The average Bonchev–Trinajstić information content (AvgIpc) is 2.61. The lowest BCUT2D eigenvalue weighted by Gasteiger charge is -2.23. The van der Waals surface area contributed by atoms with Crippen LogP contribution in [0, 0.1) is 6.92 Å². The summed E-state index contributed by atoms with van der Waals surface area (Å²) < 4.78 is 2.35. The molecule has 2 aromatic carbocycles. The molecule has 6 heteroatoms. The van der Waals surface area contributed by atoms with Crippen LogP contribution in [0.3, 0.4) is 0 Å². The third-order valence-corrected chi connectivity index (χ3v) is 4.03. The lowest BCUT2D eigenvalue weighted by molar-refractivity contribution is 0.457. The van der Waals surface area contributed by atoms with Gasteiger partial charge in [0.1, 0.15) is 11.0 Å². The molecular formula is C20H24N5O+. The highest BCUT2D eigenvalue weighted by atomic mass is 16.3. The Kier molecular flexibility index (Phi) is 4.77. The molecule has 0 aliphatic carbocycles. The van der Waals surface area contributed by atoms with Crippen molar-refractivity contribution in [2.75, 3.05) is 26.6 Å². The molecule has 0 spiro atoms. The predicted octanol–water partition coefficient (Wildman–Crippen LogP) is 3.01. The number of nitrogens with one attached hydrogen (secondary N) is 1. The van der Waals surface area contributed by atoms with Gasteiger partial charge in [-0.05, 0) is 31.2 Å². The highest BCUT2D eigenvalue weighted by Gasteiger charge is 2.12. The average molecular weight is 350 g/mol. The molecule has 3 rings (SSSR count). The standard InChI is InChI=1S/C20H23N5O/c1-15-20(19(26)14-24(23-15)17-10-6-5-7-11-17)22-21-16-9-8-12-18(13-16)25(2,3)4/h5-14H,1-4H3,(H-,21,23,26)/p+1. The summed E-state index contributed by atoms with van der Waals surface area (Å²) in [6, 6.07) is 17.7. The Balaban J connectivity index is 1.93. The van der Waals surface area contributed by atoms with Crippen molar-refractivity contribution in [1.82, 2.24) is 14.3 Å². The Morgan fingerprint density at radius 3 is 2.42 bits per heavy atom. The number of aryl methyl sites for hydroxylation is 1. The quantitative estimate of drug-likeness (QED) is 0.562. The van der Waals surface area contributed by atoms with Crippen molar-refractivity contribution < 1.29 is 5.11 Å². The molecule has 2 N–H and O–H groups in total. The maximum atomic E-state index is 10.4. The van der Waals surface area contributed by atoms with Gasteiger partial charge in [0.2, 0.25) is 0 Å². The minimum absolute atomic E-state index is 0.0663. The van der Waals surface area contributed by atoms with E-state index < -0.39 is 0 Å². The first-order valence-electron chi connectivity index (χ1n) is 8.41. The molecule has 134 valence electrons. The number of para-hydroxylation sites is 1. The SMILES string of the molecule is Cc1nn(-c2ccccc2)cc(O)c1=NNc1cccc([N+](C)(C)C)c1. The van der Waals surface area contributed by atoms with Crippen LogP contribution >= 0.6 is 0 Å². The molecule has 0 saturated carbocycles. The Hall–Kier alpha value is -3.12. The fourth-order valence-electron chi connectivity index (χ4n) is 2.56. The molecule has 0 unspecified atom stereocenters. The van der Waals surface area contributed by atoms with Crippen LogP contribution in [0.2, 0.25) is 0 Å². The molecule has 0 aliphatic rings. The zero-order valence-corrected chi connectivity index (χ0v) is 15.5. The summed E-state index contributed by atoms with van der Waals surface area (Å²) in [5.41, 5.74) is 6.53. The second-order valence-electron chi connectivity index (χ2n) is 7.01. The van der Waals surface area contributed by atoms with E-state index >= 15 is 0 Å². The predicted molar refractivity (Wildman–Crippen MR) is 105 cm³/mol. The van der Waals surface area contributed by atoms with E-state index in [9.17, 15) is 5.11 Å². The largest absolute Gasteiger partial charge is 0.504 e. The molecule has 0 aliphatic heterocycles. The second-order valence-corrected chi connectivity index (χ2v) is 7.01. The lowest BCUT2D eigenvalue weighted by Crippen LogP contribution is -2.34. The molecular weight excluding hydrogens is 326 g/mol. The first kappa shape index (κ1) is 17.7. The Bertz CT molecular complexity index is 945. The van der Waals surface area contributed by atoms with Gasteiger partial charge in [-0.3, -0.25) is 9.91 Å². The van der Waals surface area contributed by atoms with Crippen LogP contribution < -0.4 is 15.3 Å². The first-order valence-corrected chi connectivity index (χ1v) is 8.41. The maximum Gasteiger partial charge on any atom is 0.163 e. The molecule has 0 fully saturated rings. The smallest absolute Gasteiger partial charge is 0.163 e. The molecule has 26 heavy (non-hydrogen) atoms. The van der Waals surface area contributed by atoms with Crippen molar-refractivity contribution in [3.05, 3.63) is 71.8 Å². The highest BCUT2D eigenvalue weighted by Crippen LogP contribution is 2.21. The zero-order chi connectivity index (χ0) is 18.7. The molecule has 0 amide bonds. The molecule has 0 bridgehead atoms. The zero-order valence-electron chi connectivity index (χ0n) is 15.5. The van der Waals surface area contributed by atoms with Crippen molar-refractivity contribution in [1.29, 1.82) is 0 Å². The molecule has 1 aromatic heterocycles. The van der Waals surface area contributed by atoms with Gasteiger partial charge < -0.3 is 5.11 Å². The van der Waals surface area contributed by atoms with Gasteiger partial charge in [-0.1, -0.05) is 24.3 Å². The van der Waals surface area contributed by atoms with E-state index in [0.717, 1.165) is 17.1 Å². The summed E-state index contributed by atoms with van der Waals surface area (Å²) >= 11 is 0.